The second kappa shape index (κ2) is 8.32. The van der Waals surface area contributed by atoms with Crippen LogP contribution in [0.2, 0.25) is 0 Å². The lowest BCUT2D eigenvalue weighted by Gasteiger charge is -2.14. The summed E-state index contributed by atoms with van der Waals surface area (Å²) in [6, 6.07) is 16.2. The number of nitrogens with one attached hydrogen (secondary N) is 2. The minimum Gasteiger partial charge on any atom is -0.332 e. The summed E-state index contributed by atoms with van der Waals surface area (Å²) in [5.74, 6) is -0.822. The Bertz CT molecular complexity index is 885. The summed E-state index contributed by atoms with van der Waals surface area (Å²) < 4.78 is 0. The van der Waals surface area contributed by atoms with Crippen molar-refractivity contribution < 1.29 is 14.4 Å². The first kappa shape index (κ1) is 19.1. The van der Waals surface area contributed by atoms with Gasteiger partial charge in [0.2, 0.25) is 11.8 Å². The molecule has 0 aliphatic carbocycles. The molecule has 2 aromatic rings. The molecule has 0 spiro atoms. The van der Waals surface area contributed by atoms with Crippen LogP contribution in [-0.2, 0) is 9.59 Å². The number of thiocarbonyl (C=S) groups is 1. The van der Waals surface area contributed by atoms with E-state index in [1.165, 1.54) is 0 Å². The third-order valence-electron chi connectivity index (χ3n) is 3.87. The van der Waals surface area contributed by atoms with Gasteiger partial charge in [0.25, 0.3) is 5.24 Å². The molecule has 6 nitrogen and oxygen atoms in total. The Morgan fingerprint density at radius 1 is 1.11 bits per heavy atom. The third kappa shape index (κ3) is 4.72. The number of anilines is 2. The van der Waals surface area contributed by atoms with Crippen LogP contribution < -0.4 is 15.5 Å². The summed E-state index contributed by atoms with van der Waals surface area (Å²) in [6.07, 6.45) is -0.131. The molecule has 3 amide bonds. The van der Waals surface area contributed by atoms with Gasteiger partial charge in [0, 0.05) is 12.1 Å². The van der Waals surface area contributed by atoms with Crippen LogP contribution in [0.5, 0.6) is 0 Å². The average Bonchev–Trinajstić information content (AvgIpc) is 2.91. The van der Waals surface area contributed by atoms with E-state index < -0.39 is 17.1 Å². The molecular formula is C19H17N3O3S2. The number of hydrogen-bond donors (Lipinski definition) is 2. The fourth-order valence-electron chi connectivity index (χ4n) is 2.54. The van der Waals surface area contributed by atoms with Crippen molar-refractivity contribution in [1.82, 2.24) is 5.32 Å². The van der Waals surface area contributed by atoms with Crippen LogP contribution in [0.15, 0.2) is 54.6 Å². The number of imide groups is 1. The third-order valence-corrected chi connectivity index (χ3v) is 5.11. The second-order valence-electron chi connectivity index (χ2n) is 5.95. The van der Waals surface area contributed by atoms with Gasteiger partial charge in [-0.2, -0.15) is 0 Å². The molecule has 1 aliphatic rings. The van der Waals surface area contributed by atoms with Crippen LogP contribution in [0.4, 0.5) is 16.2 Å². The van der Waals surface area contributed by atoms with Gasteiger partial charge in [0.15, 0.2) is 5.11 Å². The van der Waals surface area contributed by atoms with Gasteiger partial charge in [-0.05, 0) is 55.2 Å². The molecule has 1 saturated heterocycles. The zero-order chi connectivity index (χ0) is 19.4. The number of hydrogen-bond acceptors (Lipinski definition) is 5. The number of carbonyl (C=O) groups is 3. The number of thioether (sulfide) groups is 1. The lowest BCUT2D eigenvalue weighted by Crippen LogP contribution is -2.38. The van der Waals surface area contributed by atoms with Gasteiger partial charge in [0.1, 0.15) is 5.25 Å². The highest BCUT2D eigenvalue weighted by atomic mass is 32.2. The highest BCUT2D eigenvalue weighted by Crippen LogP contribution is 2.33. The van der Waals surface area contributed by atoms with Crippen molar-refractivity contribution in [2.45, 2.75) is 18.6 Å². The molecule has 0 bridgehead atoms. The number of aryl methyl sites for hydroxylation is 1. The number of amides is 3. The van der Waals surface area contributed by atoms with Crippen molar-refractivity contribution in [2.75, 3.05) is 10.2 Å². The van der Waals surface area contributed by atoms with Crippen molar-refractivity contribution in [3.8, 4) is 0 Å². The first-order chi connectivity index (χ1) is 12.9. The first-order valence-electron chi connectivity index (χ1n) is 8.21. The Kier molecular flexibility index (Phi) is 5.88. The predicted molar refractivity (Wildman–Crippen MR) is 111 cm³/mol. The topological polar surface area (TPSA) is 78.5 Å². The van der Waals surface area contributed by atoms with Gasteiger partial charge in [0.05, 0.1) is 5.69 Å². The molecule has 1 fully saturated rings. The van der Waals surface area contributed by atoms with Gasteiger partial charge in [-0.3, -0.25) is 14.4 Å². The predicted octanol–water partition coefficient (Wildman–Crippen LogP) is 3.47. The number of rotatable bonds is 4. The van der Waals surface area contributed by atoms with Crippen LogP contribution in [0, 0.1) is 6.92 Å². The molecule has 138 valence electrons. The number of nitrogens with zero attached hydrogens (tertiary/aromatic N) is 1. The van der Waals surface area contributed by atoms with E-state index in [0.717, 1.165) is 27.9 Å². The minimum absolute atomic E-state index is 0.131. The average molecular weight is 399 g/mol. The van der Waals surface area contributed by atoms with Gasteiger partial charge in [-0.15, -0.1) is 0 Å². The highest BCUT2D eigenvalue weighted by molar-refractivity contribution is 8.15. The van der Waals surface area contributed by atoms with E-state index >= 15 is 0 Å². The molecule has 0 aromatic heterocycles. The van der Waals surface area contributed by atoms with Crippen LogP contribution in [-0.4, -0.2) is 27.4 Å². The molecule has 0 saturated carbocycles. The van der Waals surface area contributed by atoms with E-state index in [4.69, 9.17) is 12.2 Å². The zero-order valence-electron chi connectivity index (χ0n) is 14.5. The SMILES string of the molecule is Cc1ccc(NC(=S)NC(=O)C[C@@H]2SC(=O)N(c3ccccc3)C2=O)cc1. The summed E-state index contributed by atoms with van der Waals surface area (Å²) in [6.45, 7) is 1.97. The van der Waals surface area contributed by atoms with E-state index in [1.54, 1.807) is 30.3 Å². The van der Waals surface area contributed by atoms with Crippen LogP contribution in [0.1, 0.15) is 12.0 Å². The fourth-order valence-corrected chi connectivity index (χ4v) is 3.76. The zero-order valence-corrected chi connectivity index (χ0v) is 16.1. The molecule has 2 aromatic carbocycles. The number of para-hydroxylation sites is 1. The quantitative estimate of drug-likeness (QED) is 0.767. The monoisotopic (exact) mass is 399 g/mol. The molecular weight excluding hydrogens is 382 g/mol. The van der Waals surface area contributed by atoms with Crippen LogP contribution in [0.25, 0.3) is 0 Å². The smallest absolute Gasteiger partial charge is 0.293 e. The van der Waals surface area contributed by atoms with Crippen molar-refractivity contribution >= 4 is 57.5 Å². The van der Waals surface area contributed by atoms with Crippen molar-refractivity contribution in [3.05, 3.63) is 60.2 Å². The van der Waals surface area contributed by atoms with Gasteiger partial charge in [-0.1, -0.05) is 35.9 Å². The summed E-state index contributed by atoms with van der Waals surface area (Å²) >= 11 is 5.98. The van der Waals surface area contributed by atoms with Crippen molar-refractivity contribution in [2.24, 2.45) is 0 Å². The molecule has 1 heterocycles. The van der Waals surface area contributed by atoms with Crippen molar-refractivity contribution in [1.29, 1.82) is 0 Å². The fraction of sp³-hybridized carbons (Fsp3) is 0.158. The summed E-state index contributed by atoms with van der Waals surface area (Å²) in [7, 11) is 0. The Labute approximate surface area is 166 Å². The van der Waals surface area contributed by atoms with Crippen LogP contribution in [0.3, 0.4) is 0 Å². The Morgan fingerprint density at radius 3 is 2.44 bits per heavy atom. The molecule has 2 N–H and O–H groups in total. The van der Waals surface area contributed by atoms with Crippen molar-refractivity contribution in [3.63, 3.8) is 0 Å². The first-order valence-corrected chi connectivity index (χ1v) is 9.50. The largest absolute Gasteiger partial charge is 0.332 e. The summed E-state index contributed by atoms with van der Waals surface area (Å²) in [4.78, 5) is 38.0. The molecule has 27 heavy (non-hydrogen) atoms. The standard InChI is InChI=1S/C19H17N3O3S2/c1-12-7-9-13(10-8-12)20-18(26)21-16(23)11-15-17(24)22(19(25)27-15)14-5-3-2-4-6-14/h2-10,15H,11H2,1H3,(H2,20,21,23,26)/t15-/m0/s1. The van der Waals surface area contributed by atoms with E-state index in [0.29, 0.717) is 5.69 Å². The lowest BCUT2D eigenvalue weighted by molar-refractivity contribution is -0.123. The summed E-state index contributed by atoms with van der Waals surface area (Å²) in [5, 5.41) is 4.45. The maximum Gasteiger partial charge on any atom is 0.293 e. The number of benzene rings is 2. The van der Waals surface area contributed by atoms with E-state index in [9.17, 15) is 14.4 Å². The maximum absolute atomic E-state index is 12.5. The molecule has 0 radical (unpaired) electrons. The van der Waals surface area contributed by atoms with Crippen LogP contribution >= 0.6 is 24.0 Å². The molecule has 1 atom stereocenters. The minimum atomic E-state index is -0.764. The Balaban J connectivity index is 1.56. The van der Waals surface area contributed by atoms with Gasteiger partial charge in [-0.25, -0.2) is 4.90 Å². The van der Waals surface area contributed by atoms with E-state index in [1.807, 2.05) is 31.2 Å². The maximum atomic E-state index is 12.5. The molecule has 8 heteroatoms. The highest BCUT2D eigenvalue weighted by Gasteiger charge is 2.41. The molecule has 3 rings (SSSR count). The van der Waals surface area contributed by atoms with Gasteiger partial charge < -0.3 is 10.6 Å². The Morgan fingerprint density at radius 2 is 1.78 bits per heavy atom. The summed E-state index contributed by atoms with van der Waals surface area (Å²) in [5.41, 5.74) is 2.36. The molecule has 0 unspecified atom stereocenters. The Hall–Kier alpha value is -2.71. The molecule has 1 aliphatic heterocycles. The van der Waals surface area contributed by atoms with Gasteiger partial charge >= 0.3 is 0 Å². The normalized spacial score (nSPS) is 16.3. The number of carbonyl (C=O) groups excluding carboxylic acids is 3. The van der Waals surface area contributed by atoms with E-state index in [2.05, 4.69) is 10.6 Å². The van der Waals surface area contributed by atoms with E-state index in [-0.39, 0.29) is 16.8 Å². The second-order valence-corrected chi connectivity index (χ2v) is 7.52. The lowest BCUT2D eigenvalue weighted by atomic mass is 10.2.